The molecule has 2 aromatic rings. The molecule has 4 rings (SSSR count). The lowest BCUT2D eigenvalue weighted by molar-refractivity contribution is -0.137. The Balaban J connectivity index is 1.66. The molecule has 1 fully saturated rings. The first-order valence-corrected chi connectivity index (χ1v) is 13.5. The molecular weight excluding hydrogens is 513 g/mol. The summed E-state index contributed by atoms with van der Waals surface area (Å²) < 4.78 is 0. The Morgan fingerprint density at radius 3 is 2.32 bits per heavy atom. The average Bonchev–Trinajstić information content (AvgIpc) is 3.13. The minimum atomic E-state index is -0.966. The number of amides is 2. The van der Waals surface area contributed by atoms with Crippen LogP contribution in [-0.2, 0) is 9.59 Å². The summed E-state index contributed by atoms with van der Waals surface area (Å²) in [6.45, 7) is 2.15. The molecule has 0 radical (unpaired) electrons. The molecule has 196 valence electrons. The molecule has 0 unspecified atom stereocenters. The van der Waals surface area contributed by atoms with Gasteiger partial charge in [-0.2, -0.15) is 0 Å². The number of aliphatic imine (C=N–C) groups is 1. The third-order valence-electron chi connectivity index (χ3n) is 7.04. The van der Waals surface area contributed by atoms with E-state index in [0.29, 0.717) is 26.9 Å². The number of carbonyl (C=O) groups excluding carboxylic acids is 2. The molecule has 2 aliphatic rings. The van der Waals surface area contributed by atoms with Gasteiger partial charge >= 0.3 is 5.97 Å². The zero-order chi connectivity index (χ0) is 26.6. The van der Waals surface area contributed by atoms with Crippen LogP contribution >= 0.6 is 23.2 Å². The Morgan fingerprint density at radius 2 is 1.73 bits per heavy atom. The van der Waals surface area contributed by atoms with Gasteiger partial charge in [0.15, 0.2) is 0 Å². The topological polar surface area (TPSA) is 99.1 Å². The fourth-order valence-electron chi connectivity index (χ4n) is 5.35. The summed E-state index contributed by atoms with van der Waals surface area (Å²) in [5, 5.41) is 12.3. The van der Waals surface area contributed by atoms with Gasteiger partial charge in [0.05, 0.1) is 12.5 Å². The number of carboxylic acid groups (broad SMARTS) is 1. The van der Waals surface area contributed by atoms with Gasteiger partial charge in [0.1, 0.15) is 11.4 Å². The van der Waals surface area contributed by atoms with Crippen LogP contribution in [-0.4, -0.2) is 45.7 Å². The van der Waals surface area contributed by atoms with Crippen molar-refractivity contribution in [2.45, 2.75) is 70.0 Å². The van der Waals surface area contributed by atoms with Crippen LogP contribution in [0.3, 0.4) is 0 Å². The van der Waals surface area contributed by atoms with E-state index in [-0.39, 0.29) is 30.8 Å². The van der Waals surface area contributed by atoms with Gasteiger partial charge in [0.25, 0.3) is 11.8 Å². The van der Waals surface area contributed by atoms with Crippen molar-refractivity contribution in [2.75, 3.05) is 6.54 Å². The van der Waals surface area contributed by atoms with Crippen LogP contribution in [0, 0.1) is 0 Å². The third-order valence-corrected chi connectivity index (χ3v) is 7.47. The summed E-state index contributed by atoms with van der Waals surface area (Å²) >= 11 is 12.5. The Morgan fingerprint density at radius 1 is 1.08 bits per heavy atom. The van der Waals surface area contributed by atoms with Gasteiger partial charge in [-0.3, -0.25) is 19.4 Å². The molecule has 2 N–H and O–H groups in total. The average molecular weight is 544 g/mol. The maximum atomic E-state index is 14.0. The highest BCUT2D eigenvalue weighted by atomic mass is 35.5. The van der Waals surface area contributed by atoms with Crippen molar-refractivity contribution in [1.29, 1.82) is 0 Å². The van der Waals surface area contributed by atoms with E-state index in [1.54, 1.807) is 30.3 Å². The minimum absolute atomic E-state index is 0.0623. The number of benzene rings is 2. The number of aliphatic carboxylic acids is 1. The number of nitrogens with zero attached hydrogens (tertiary/aromatic N) is 2. The van der Waals surface area contributed by atoms with Crippen LogP contribution in [0.1, 0.15) is 85.8 Å². The molecule has 37 heavy (non-hydrogen) atoms. The molecule has 2 aromatic carbocycles. The maximum absolute atomic E-state index is 14.0. The molecule has 9 heteroatoms. The lowest BCUT2D eigenvalue weighted by Gasteiger charge is -2.44. The Labute approximate surface area is 226 Å². The van der Waals surface area contributed by atoms with Crippen molar-refractivity contribution in [3.05, 3.63) is 69.2 Å². The van der Waals surface area contributed by atoms with E-state index < -0.39 is 11.6 Å². The van der Waals surface area contributed by atoms with Crippen molar-refractivity contribution in [2.24, 2.45) is 4.99 Å². The van der Waals surface area contributed by atoms with Crippen molar-refractivity contribution < 1.29 is 19.5 Å². The lowest BCUT2D eigenvalue weighted by Crippen LogP contribution is -2.50. The Bertz CT molecular complexity index is 1190. The fourth-order valence-corrected chi connectivity index (χ4v) is 5.88. The number of hydrogen-bond acceptors (Lipinski definition) is 4. The van der Waals surface area contributed by atoms with E-state index in [1.807, 2.05) is 17.0 Å². The lowest BCUT2D eigenvalue weighted by atomic mass is 9.86. The van der Waals surface area contributed by atoms with Gasteiger partial charge in [-0.15, -0.1) is 0 Å². The maximum Gasteiger partial charge on any atom is 0.305 e. The second kappa shape index (κ2) is 11.7. The van der Waals surface area contributed by atoms with Gasteiger partial charge in [-0.1, -0.05) is 55.1 Å². The molecule has 0 aromatic heterocycles. The monoisotopic (exact) mass is 543 g/mol. The van der Waals surface area contributed by atoms with Crippen LogP contribution in [0.4, 0.5) is 0 Å². The molecule has 1 aliphatic heterocycles. The molecule has 1 saturated carbocycles. The first-order chi connectivity index (χ1) is 17.7. The quantitative estimate of drug-likeness (QED) is 0.403. The second-order valence-corrected chi connectivity index (χ2v) is 10.5. The van der Waals surface area contributed by atoms with Crippen LogP contribution in [0.2, 0.25) is 10.0 Å². The highest BCUT2D eigenvalue weighted by Gasteiger charge is 2.50. The van der Waals surface area contributed by atoms with E-state index in [0.717, 1.165) is 50.5 Å². The van der Waals surface area contributed by atoms with E-state index in [9.17, 15) is 14.4 Å². The summed E-state index contributed by atoms with van der Waals surface area (Å²) in [7, 11) is 0. The largest absolute Gasteiger partial charge is 0.481 e. The first-order valence-electron chi connectivity index (χ1n) is 12.7. The van der Waals surface area contributed by atoms with Gasteiger partial charge in [0, 0.05) is 27.7 Å². The van der Waals surface area contributed by atoms with Crippen molar-refractivity contribution >= 4 is 46.7 Å². The van der Waals surface area contributed by atoms with E-state index in [2.05, 4.69) is 12.2 Å². The second-order valence-electron chi connectivity index (χ2n) is 9.66. The molecule has 1 spiro atoms. The Kier molecular flexibility index (Phi) is 8.55. The zero-order valence-corrected chi connectivity index (χ0v) is 22.3. The molecule has 1 aliphatic carbocycles. The number of carboxylic acids is 1. The van der Waals surface area contributed by atoms with E-state index in [1.165, 1.54) is 0 Å². The van der Waals surface area contributed by atoms with Gasteiger partial charge in [0.2, 0.25) is 0 Å². The molecule has 1 atom stereocenters. The molecule has 7 nitrogen and oxygen atoms in total. The molecule has 0 bridgehead atoms. The highest BCUT2D eigenvalue weighted by Crippen LogP contribution is 2.45. The van der Waals surface area contributed by atoms with E-state index >= 15 is 0 Å². The third kappa shape index (κ3) is 5.99. The Hall–Kier alpha value is -2.90. The number of hydrogen-bond donors (Lipinski definition) is 2. The summed E-state index contributed by atoms with van der Waals surface area (Å²) in [5.41, 5.74) is 1.77. The SMILES string of the molecule is CCC[C@H](c1ccc(C(=O)NCCC(=O)O)cc1)N1C(=O)C(c2cc(Cl)cc(Cl)c2)=NC12CCCCC2. The summed E-state index contributed by atoms with van der Waals surface area (Å²) in [6, 6.07) is 12.1. The standard InChI is InChI=1S/C28H31Cl2N3O4/c1-2-6-23(18-7-9-19(10-8-18)26(36)31-14-11-24(34)35)33-27(37)25(20-15-21(29)17-22(30)16-20)32-28(33)12-4-3-5-13-28/h7-10,15-17,23H,2-6,11-14H2,1H3,(H,31,36)(H,34,35)/t23-/m1/s1. The summed E-state index contributed by atoms with van der Waals surface area (Å²) in [6.07, 6.45) is 6.15. The van der Waals surface area contributed by atoms with Crippen molar-refractivity contribution in [3.8, 4) is 0 Å². The number of halogens is 2. The van der Waals surface area contributed by atoms with Crippen LogP contribution in [0.15, 0.2) is 47.5 Å². The molecule has 0 saturated heterocycles. The molecule has 1 heterocycles. The number of carbonyl (C=O) groups is 3. The van der Waals surface area contributed by atoms with Crippen LogP contribution < -0.4 is 5.32 Å². The van der Waals surface area contributed by atoms with Gasteiger partial charge in [-0.05, 0) is 68.0 Å². The fraction of sp³-hybridized carbons (Fsp3) is 0.429. The van der Waals surface area contributed by atoms with Crippen LogP contribution in [0.25, 0.3) is 0 Å². The van der Waals surface area contributed by atoms with Crippen LogP contribution in [0.5, 0.6) is 0 Å². The molecule has 2 amide bonds. The summed E-state index contributed by atoms with van der Waals surface area (Å²) in [4.78, 5) is 44.2. The minimum Gasteiger partial charge on any atom is -0.481 e. The first kappa shape index (κ1) is 27.1. The molecular formula is C28H31Cl2N3O4. The normalized spacial score (nSPS) is 17.5. The predicted molar refractivity (Wildman–Crippen MR) is 144 cm³/mol. The highest BCUT2D eigenvalue weighted by molar-refractivity contribution is 6.47. The summed E-state index contributed by atoms with van der Waals surface area (Å²) in [5.74, 6) is -1.43. The smallest absolute Gasteiger partial charge is 0.305 e. The predicted octanol–water partition coefficient (Wildman–Crippen LogP) is 6.03. The number of nitrogens with one attached hydrogen (secondary N) is 1. The van der Waals surface area contributed by atoms with Gasteiger partial charge in [-0.25, -0.2) is 0 Å². The van der Waals surface area contributed by atoms with Gasteiger partial charge < -0.3 is 15.3 Å². The van der Waals surface area contributed by atoms with Crippen molar-refractivity contribution in [3.63, 3.8) is 0 Å². The van der Waals surface area contributed by atoms with E-state index in [4.69, 9.17) is 33.3 Å². The van der Waals surface area contributed by atoms with Crippen molar-refractivity contribution in [1.82, 2.24) is 10.2 Å². The number of rotatable bonds is 9. The zero-order valence-electron chi connectivity index (χ0n) is 20.8.